The van der Waals surface area contributed by atoms with E-state index in [1.165, 1.54) is 0 Å². The molecule has 1 saturated heterocycles. The summed E-state index contributed by atoms with van der Waals surface area (Å²) < 4.78 is 26.7. The molecule has 1 heterocycles. The molecule has 22 heavy (non-hydrogen) atoms. The lowest BCUT2D eigenvalue weighted by molar-refractivity contribution is 0.346. The van der Waals surface area contributed by atoms with E-state index in [9.17, 15) is 8.42 Å². The second-order valence-corrected chi connectivity index (χ2v) is 9.21. The van der Waals surface area contributed by atoms with E-state index in [1.807, 2.05) is 12.1 Å². The van der Waals surface area contributed by atoms with E-state index in [-0.39, 0.29) is 5.41 Å². The van der Waals surface area contributed by atoms with Gasteiger partial charge in [-0.05, 0) is 36.0 Å². The van der Waals surface area contributed by atoms with Gasteiger partial charge < -0.3 is 5.32 Å². The van der Waals surface area contributed by atoms with Gasteiger partial charge in [-0.15, -0.1) is 0 Å². The maximum absolute atomic E-state index is 12.6. The minimum absolute atomic E-state index is 0.248. The van der Waals surface area contributed by atoms with Gasteiger partial charge in [0.1, 0.15) is 0 Å². The Balaban J connectivity index is 1.99. The molecule has 0 amide bonds. The number of sulfonamides is 1. The van der Waals surface area contributed by atoms with E-state index in [4.69, 9.17) is 0 Å². The molecule has 1 N–H and O–H groups in total. The van der Waals surface area contributed by atoms with E-state index in [0.717, 1.165) is 37.9 Å². The van der Waals surface area contributed by atoms with Gasteiger partial charge >= 0.3 is 0 Å². The fourth-order valence-electron chi connectivity index (χ4n) is 2.62. The van der Waals surface area contributed by atoms with Crippen LogP contribution in [-0.4, -0.2) is 32.4 Å². The molecule has 0 spiro atoms. The van der Waals surface area contributed by atoms with Crippen molar-refractivity contribution in [2.24, 2.45) is 5.41 Å². The SMILES string of the molecule is CC(C)(C)CNCc1ccc(S(=O)(=O)N2CCCCC2)cc1. The molecule has 5 heteroatoms. The Labute approximate surface area is 135 Å². The second-order valence-electron chi connectivity index (χ2n) is 7.27. The number of nitrogens with zero attached hydrogens (tertiary/aromatic N) is 1. The molecule has 0 unspecified atom stereocenters. The fraction of sp³-hybridized carbons (Fsp3) is 0.647. The normalized spacial score (nSPS) is 17.6. The number of hydrogen-bond acceptors (Lipinski definition) is 3. The van der Waals surface area contributed by atoms with Crippen LogP contribution in [-0.2, 0) is 16.6 Å². The molecule has 1 fully saturated rings. The molecule has 0 atom stereocenters. The lowest BCUT2D eigenvalue weighted by Crippen LogP contribution is -2.35. The van der Waals surface area contributed by atoms with Gasteiger partial charge in [0.2, 0.25) is 10.0 Å². The van der Waals surface area contributed by atoms with Crippen molar-refractivity contribution in [2.75, 3.05) is 19.6 Å². The molecule has 0 saturated carbocycles. The molecule has 1 aliphatic heterocycles. The number of nitrogens with one attached hydrogen (secondary N) is 1. The Kier molecular flexibility index (Phi) is 5.64. The van der Waals surface area contributed by atoms with Crippen LogP contribution in [0.5, 0.6) is 0 Å². The third-order valence-electron chi connectivity index (χ3n) is 3.86. The largest absolute Gasteiger partial charge is 0.312 e. The molecule has 1 aromatic rings. The maximum atomic E-state index is 12.6. The van der Waals surface area contributed by atoms with Crippen LogP contribution in [0.15, 0.2) is 29.2 Å². The van der Waals surface area contributed by atoms with Gasteiger partial charge in [-0.3, -0.25) is 0 Å². The summed E-state index contributed by atoms with van der Waals surface area (Å²) in [6.07, 6.45) is 3.06. The summed E-state index contributed by atoms with van der Waals surface area (Å²) in [5.41, 5.74) is 1.36. The molecule has 1 aliphatic rings. The monoisotopic (exact) mass is 324 g/mol. The predicted molar refractivity (Wildman–Crippen MR) is 90.2 cm³/mol. The van der Waals surface area contributed by atoms with Crippen LogP contribution in [0.2, 0.25) is 0 Å². The first-order valence-electron chi connectivity index (χ1n) is 8.09. The van der Waals surface area contributed by atoms with E-state index < -0.39 is 10.0 Å². The van der Waals surface area contributed by atoms with Crippen molar-refractivity contribution in [3.05, 3.63) is 29.8 Å². The quantitative estimate of drug-likeness (QED) is 0.906. The zero-order valence-electron chi connectivity index (χ0n) is 13.9. The highest BCUT2D eigenvalue weighted by molar-refractivity contribution is 7.89. The average Bonchev–Trinajstić information content (AvgIpc) is 2.47. The summed E-state index contributed by atoms with van der Waals surface area (Å²) in [5.74, 6) is 0. The van der Waals surface area contributed by atoms with Gasteiger partial charge in [-0.2, -0.15) is 4.31 Å². The number of hydrogen-bond donors (Lipinski definition) is 1. The van der Waals surface area contributed by atoms with Crippen molar-refractivity contribution >= 4 is 10.0 Å². The summed E-state index contributed by atoms with van der Waals surface area (Å²) >= 11 is 0. The topological polar surface area (TPSA) is 49.4 Å². The van der Waals surface area contributed by atoms with E-state index >= 15 is 0 Å². The Hall–Kier alpha value is -0.910. The van der Waals surface area contributed by atoms with Crippen molar-refractivity contribution < 1.29 is 8.42 Å². The molecule has 0 bridgehead atoms. The molecule has 0 aliphatic carbocycles. The molecule has 2 rings (SSSR count). The van der Waals surface area contributed by atoms with Gasteiger partial charge in [-0.1, -0.05) is 39.3 Å². The van der Waals surface area contributed by atoms with Crippen molar-refractivity contribution in [1.29, 1.82) is 0 Å². The van der Waals surface area contributed by atoms with Gasteiger partial charge in [0, 0.05) is 26.2 Å². The minimum Gasteiger partial charge on any atom is -0.312 e. The maximum Gasteiger partial charge on any atom is 0.243 e. The first-order chi connectivity index (χ1) is 10.3. The lowest BCUT2D eigenvalue weighted by Gasteiger charge is -2.26. The van der Waals surface area contributed by atoms with Gasteiger partial charge in [0.25, 0.3) is 0 Å². The molecule has 1 aromatic carbocycles. The van der Waals surface area contributed by atoms with Crippen LogP contribution in [0.3, 0.4) is 0 Å². The van der Waals surface area contributed by atoms with Crippen molar-refractivity contribution in [2.45, 2.75) is 51.5 Å². The van der Waals surface area contributed by atoms with Crippen LogP contribution in [0.25, 0.3) is 0 Å². The van der Waals surface area contributed by atoms with Crippen LogP contribution in [0, 0.1) is 5.41 Å². The number of benzene rings is 1. The third-order valence-corrected chi connectivity index (χ3v) is 5.77. The third kappa shape index (κ3) is 4.80. The van der Waals surface area contributed by atoms with Gasteiger partial charge in [-0.25, -0.2) is 8.42 Å². The first-order valence-corrected chi connectivity index (χ1v) is 9.53. The molecule has 0 aromatic heterocycles. The van der Waals surface area contributed by atoms with Crippen molar-refractivity contribution in [1.82, 2.24) is 9.62 Å². The van der Waals surface area contributed by atoms with Crippen LogP contribution in [0.4, 0.5) is 0 Å². The Bertz CT molecular complexity index is 568. The van der Waals surface area contributed by atoms with Crippen LogP contribution in [0.1, 0.15) is 45.6 Å². The number of piperidine rings is 1. The van der Waals surface area contributed by atoms with Gasteiger partial charge in [0.05, 0.1) is 4.90 Å². The highest BCUT2D eigenvalue weighted by Crippen LogP contribution is 2.21. The second kappa shape index (κ2) is 7.11. The van der Waals surface area contributed by atoms with E-state index in [0.29, 0.717) is 18.0 Å². The summed E-state index contributed by atoms with van der Waals surface area (Å²) in [7, 11) is -3.31. The Morgan fingerprint density at radius 1 is 1.05 bits per heavy atom. The smallest absolute Gasteiger partial charge is 0.243 e. The summed E-state index contributed by atoms with van der Waals surface area (Å²) in [4.78, 5) is 0.411. The van der Waals surface area contributed by atoms with Crippen LogP contribution >= 0.6 is 0 Å². The minimum atomic E-state index is -3.31. The Morgan fingerprint density at radius 3 is 2.18 bits per heavy atom. The van der Waals surface area contributed by atoms with E-state index in [1.54, 1.807) is 16.4 Å². The summed E-state index contributed by atoms with van der Waals surface area (Å²) in [6.45, 7) is 9.56. The summed E-state index contributed by atoms with van der Waals surface area (Å²) in [5, 5.41) is 3.40. The van der Waals surface area contributed by atoms with Crippen molar-refractivity contribution in [3.63, 3.8) is 0 Å². The lowest BCUT2D eigenvalue weighted by atomic mass is 9.97. The molecule has 4 nitrogen and oxygen atoms in total. The van der Waals surface area contributed by atoms with Crippen LogP contribution < -0.4 is 5.32 Å². The highest BCUT2D eigenvalue weighted by Gasteiger charge is 2.25. The standard InChI is InChI=1S/C17H28N2O2S/c1-17(2,3)14-18-13-15-7-9-16(10-8-15)22(20,21)19-11-5-4-6-12-19/h7-10,18H,4-6,11-14H2,1-3H3. The highest BCUT2D eigenvalue weighted by atomic mass is 32.2. The average molecular weight is 324 g/mol. The zero-order valence-corrected chi connectivity index (χ0v) is 14.7. The molecular formula is C17H28N2O2S. The summed E-state index contributed by atoms with van der Waals surface area (Å²) in [6, 6.07) is 7.29. The number of rotatable bonds is 5. The van der Waals surface area contributed by atoms with E-state index in [2.05, 4.69) is 26.1 Å². The molecule has 124 valence electrons. The zero-order chi connectivity index (χ0) is 16.2. The fourth-order valence-corrected chi connectivity index (χ4v) is 4.13. The van der Waals surface area contributed by atoms with Gasteiger partial charge in [0.15, 0.2) is 0 Å². The Morgan fingerprint density at radius 2 is 1.64 bits per heavy atom. The predicted octanol–water partition coefficient (Wildman–Crippen LogP) is 3.00. The van der Waals surface area contributed by atoms with Crippen molar-refractivity contribution in [3.8, 4) is 0 Å². The first kappa shape index (κ1) is 17.4. The molecular weight excluding hydrogens is 296 g/mol. The molecule has 0 radical (unpaired) electrons.